The summed E-state index contributed by atoms with van der Waals surface area (Å²) in [6.45, 7) is 7.92. The molecule has 116 valence electrons. The standard InChI is InChI=1S/C15H21NO5/c1-8(2)12-5-11(10(4)21-12)14(17)16-6-9(3)20-13(7-16)15(18)19/h5,8-9,13H,6-7H2,1-4H3,(H,18,19)/t9-,13?/m1/s1. The Hall–Kier alpha value is -1.82. The minimum atomic E-state index is -1.05. The maximum Gasteiger partial charge on any atom is 0.334 e. The average molecular weight is 295 g/mol. The minimum Gasteiger partial charge on any atom is -0.479 e. The third-order valence-electron chi connectivity index (χ3n) is 3.56. The van der Waals surface area contributed by atoms with Crippen LogP contribution in [0, 0.1) is 6.92 Å². The normalized spacial score (nSPS) is 22.6. The van der Waals surface area contributed by atoms with Crippen LogP contribution in [-0.2, 0) is 9.53 Å². The van der Waals surface area contributed by atoms with Crippen LogP contribution in [0.25, 0.3) is 0 Å². The van der Waals surface area contributed by atoms with E-state index in [4.69, 9.17) is 14.3 Å². The highest BCUT2D eigenvalue weighted by Gasteiger charge is 2.34. The van der Waals surface area contributed by atoms with Crippen molar-refractivity contribution < 1.29 is 23.8 Å². The predicted molar refractivity (Wildman–Crippen MR) is 75.4 cm³/mol. The molecule has 1 aromatic heterocycles. The first kappa shape index (κ1) is 15.6. The van der Waals surface area contributed by atoms with E-state index in [0.29, 0.717) is 17.9 Å². The Kier molecular flexibility index (Phi) is 4.37. The number of amides is 1. The van der Waals surface area contributed by atoms with Crippen molar-refractivity contribution in [2.45, 2.75) is 45.8 Å². The maximum absolute atomic E-state index is 12.6. The van der Waals surface area contributed by atoms with Crippen molar-refractivity contribution in [3.63, 3.8) is 0 Å². The van der Waals surface area contributed by atoms with E-state index in [2.05, 4.69) is 0 Å². The van der Waals surface area contributed by atoms with Gasteiger partial charge in [-0.25, -0.2) is 4.79 Å². The van der Waals surface area contributed by atoms with Crippen LogP contribution in [0.2, 0.25) is 0 Å². The van der Waals surface area contributed by atoms with Crippen molar-refractivity contribution in [2.24, 2.45) is 0 Å². The van der Waals surface area contributed by atoms with Gasteiger partial charge in [-0.2, -0.15) is 0 Å². The Morgan fingerprint density at radius 3 is 2.57 bits per heavy atom. The number of rotatable bonds is 3. The molecule has 2 heterocycles. The molecule has 1 aromatic rings. The molecule has 0 radical (unpaired) electrons. The molecule has 1 N–H and O–H groups in total. The Bertz CT molecular complexity index is 548. The number of aliphatic carboxylic acids is 1. The molecule has 2 rings (SSSR count). The molecular formula is C15H21NO5. The molecule has 2 atom stereocenters. The first-order valence-corrected chi connectivity index (χ1v) is 7.07. The van der Waals surface area contributed by atoms with E-state index < -0.39 is 12.1 Å². The van der Waals surface area contributed by atoms with Crippen LogP contribution >= 0.6 is 0 Å². The molecule has 0 bridgehead atoms. The topological polar surface area (TPSA) is 80.0 Å². The molecule has 1 fully saturated rings. The number of hydrogen-bond donors (Lipinski definition) is 1. The van der Waals surface area contributed by atoms with Gasteiger partial charge in [0, 0.05) is 12.5 Å². The van der Waals surface area contributed by atoms with Crippen LogP contribution in [0.15, 0.2) is 10.5 Å². The summed E-state index contributed by atoms with van der Waals surface area (Å²) >= 11 is 0. The number of hydrogen-bond acceptors (Lipinski definition) is 4. The zero-order chi connectivity index (χ0) is 15.7. The van der Waals surface area contributed by atoms with Gasteiger partial charge in [0.2, 0.25) is 0 Å². The van der Waals surface area contributed by atoms with E-state index in [1.54, 1.807) is 19.9 Å². The SMILES string of the molecule is Cc1oc(C(C)C)cc1C(=O)N1CC(C(=O)O)O[C@H](C)C1. The van der Waals surface area contributed by atoms with Crippen molar-refractivity contribution in [3.05, 3.63) is 23.2 Å². The summed E-state index contributed by atoms with van der Waals surface area (Å²) in [5.41, 5.74) is 0.497. The lowest BCUT2D eigenvalue weighted by Gasteiger charge is -2.34. The Labute approximate surface area is 123 Å². The fourth-order valence-corrected chi connectivity index (χ4v) is 2.43. The summed E-state index contributed by atoms with van der Waals surface area (Å²) in [5.74, 6) is 0.262. The smallest absolute Gasteiger partial charge is 0.334 e. The Balaban J connectivity index is 2.21. The van der Waals surface area contributed by atoms with Gasteiger partial charge in [-0.3, -0.25) is 4.79 Å². The molecule has 1 aliphatic heterocycles. The number of ether oxygens (including phenoxy) is 1. The monoisotopic (exact) mass is 295 g/mol. The summed E-state index contributed by atoms with van der Waals surface area (Å²) in [7, 11) is 0. The molecule has 1 unspecified atom stereocenters. The lowest BCUT2D eigenvalue weighted by atomic mass is 10.1. The van der Waals surface area contributed by atoms with E-state index in [-0.39, 0.29) is 24.5 Å². The quantitative estimate of drug-likeness (QED) is 0.923. The molecule has 0 aliphatic carbocycles. The fourth-order valence-electron chi connectivity index (χ4n) is 2.43. The van der Waals surface area contributed by atoms with E-state index in [1.165, 1.54) is 4.90 Å². The molecule has 1 amide bonds. The van der Waals surface area contributed by atoms with Crippen LogP contribution in [0.3, 0.4) is 0 Å². The number of carboxylic acids is 1. The van der Waals surface area contributed by atoms with Gasteiger partial charge in [0.1, 0.15) is 11.5 Å². The van der Waals surface area contributed by atoms with Gasteiger partial charge in [-0.05, 0) is 19.9 Å². The van der Waals surface area contributed by atoms with Gasteiger partial charge >= 0.3 is 5.97 Å². The lowest BCUT2D eigenvalue weighted by Crippen LogP contribution is -2.51. The second-order valence-electron chi connectivity index (χ2n) is 5.76. The third kappa shape index (κ3) is 3.26. The van der Waals surface area contributed by atoms with Gasteiger partial charge in [-0.15, -0.1) is 0 Å². The second-order valence-corrected chi connectivity index (χ2v) is 5.76. The number of furan rings is 1. The maximum atomic E-state index is 12.6. The summed E-state index contributed by atoms with van der Waals surface area (Å²) in [6, 6.07) is 1.75. The van der Waals surface area contributed by atoms with Crippen molar-refractivity contribution in [2.75, 3.05) is 13.1 Å². The van der Waals surface area contributed by atoms with Crippen LogP contribution in [0.1, 0.15) is 48.6 Å². The van der Waals surface area contributed by atoms with E-state index >= 15 is 0 Å². The fraction of sp³-hybridized carbons (Fsp3) is 0.600. The van der Waals surface area contributed by atoms with Gasteiger partial charge in [-0.1, -0.05) is 13.8 Å². The van der Waals surface area contributed by atoms with Crippen LogP contribution < -0.4 is 0 Å². The number of carbonyl (C=O) groups is 2. The molecule has 0 saturated carbocycles. The summed E-state index contributed by atoms with van der Waals surface area (Å²) < 4.78 is 10.9. The van der Waals surface area contributed by atoms with Crippen LogP contribution in [0.5, 0.6) is 0 Å². The van der Waals surface area contributed by atoms with Crippen LogP contribution in [-0.4, -0.2) is 47.2 Å². The zero-order valence-corrected chi connectivity index (χ0v) is 12.8. The predicted octanol–water partition coefficient (Wildman–Crippen LogP) is 2.03. The summed E-state index contributed by atoms with van der Waals surface area (Å²) in [6.07, 6.45) is -1.28. The van der Waals surface area contributed by atoms with Gasteiger partial charge in [0.25, 0.3) is 5.91 Å². The van der Waals surface area contributed by atoms with Crippen molar-refractivity contribution in [1.82, 2.24) is 4.90 Å². The molecule has 0 aromatic carbocycles. The first-order chi connectivity index (χ1) is 9.79. The molecule has 6 heteroatoms. The van der Waals surface area contributed by atoms with Crippen molar-refractivity contribution in [3.8, 4) is 0 Å². The molecular weight excluding hydrogens is 274 g/mol. The highest BCUT2D eigenvalue weighted by Crippen LogP contribution is 2.24. The van der Waals surface area contributed by atoms with Gasteiger partial charge in [0.15, 0.2) is 6.10 Å². The number of carboxylic acid groups (broad SMARTS) is 1. The van der Waals surface area contributed by atoms with Crippen molar-refractivity contribution in [1.29, 1.82) is 0 Å². The van der Waals surface area contributed by atoms with Gasteiger partial charge in [0.05, 0.1) is 18.2 Å². The lowest BCUT2D eigenvalue weighted by molar-refractivity contribution is -0.160. The largest absolute Gasteiger partial charge is 0.479 e. The molecule has 21 heavy (non-hydrogen) atoms. The van der Waals surface area contributed by atoms with E-state index in [0.717, 1.165) is 5.76 Å². The molecule has 6 nitrogen and oxygen atoms in total. The summed E-state index contributed by atoms with van der Waals surface area (Å²) in [5, 5.41) is 9.08. The van der Waals surface area contributed by atoms with Gasteiger partial charge < -0.3 is 19.2 Å². The Morgan fingerprint density at radius 2 is 2.05 bits per heavy atom. The molecule has 0 spiro atoms. The third-order valence-corrected chi connectivity index (χ3v) is 3.56. The van der Waals surface area contributed by atoms with Crippen LogP contribution in [0.4, 0.5) is 0 Å². The number of morpholine rings is 1. The highest BCUT2D eigenvalue weighted by atomic mass is 16.5. The first-order valence-electron chi connectivity index (χ1n) is 7.07. The summed E-state index contributed by atoms with van der Waals surface area (Å²) in [4.78, 5) is 25.2. The molecule has 1 saturated heterocycles. The highest BCUT2D eigenvalue weighted by molar-refractivity contribution is 5.95. The molecule has 1 aliphatic rings. The van der Waals surface area contributed by atoms with E-state index in [9.17, 15) is 9.59 Å². The zero-order valence-electron chi connectivity index (χ0n) is 12.8. The average Bonchev–Trinajstić information content (AvgIpc) is 2.79. The number of nitrogens with zero attached hydrogens (tertiary/aromatic N) is 1. The van der Waals surface area contributed by atoms with Crippen molar-refractivity contribution >= 4 is 11.9 Å². The number of carbonyl (C=O) groups excluding carboxylic acids is 1. The van der Waals surface area contributed by atoms with E-state index in [1.807, 2.05) is 13.8 Å². The number of aryl methyl sites for hydroxylation is 1. The Morgan fingerprint density at radius 1 is 1.38 bits per heavy atom. The second kappa shape index (κ2) is 5.89. The minimum absolute atomic E-state index is 0.0557.